The molecule has 3 aliphatic rings. The van der Waals surface area contributed by atoms with Crippen LogP contribution in [0.3, 0.4) is 0 Å². The lowest BCUT2D eigenvalue weighted by atomic mass is 9.45. The van der Waals surface area contributed by atoms with Crippen LogP contribution < -0.4 is 0 Å². The van der Waals surface area contributed by atoms with Crippen LogP contribution in [-0.4, -0.2) is 22.4 Å². The smallest absolute Gasteiger partial charge is 0.0608 e. The zero-order valence-corrected chi connectivity index (χ0v) is 14.8. The summed E-state index contributed by atoms with van der Waals surface area (Å²) >= 11 is 0. The molecule has 3 aliphatic carbocycles. The summed E-state index contributed by atoms with van der Waals surface area (Å²) < 4.78 is 0. The van der Waals surface area contributed by atoms with E-state index in [9.17, 15) is 10.2 Å². The van der Waals surface area contributed by atoms with Gasteiger partial charge in [-0.05, 0) is 73.5 Å². The molecule has 0 heterocycles. The van der Waals surface area contributed by atoms with Gasteiger partial charge in [-0.3, -0.25) is 0 Å². The Morgan fingerprint density at radius 1 is 1.14 bits per heavy atom. The van der Waals surface area contributed by atoms with Crippen LogP contribution in [0, 0.1) is 28.6 Å². The molecule has 6 unspecified atom stereocenters. The number of aliphatic hydroxyl groups excluding tert-OH is 2. The Morgan fingerprint density at radius 2 is 1.86 bits per heavy atom. The van der Waals surface area contributed by atoms with Crippen molar-refractivity contribution in [1.29, 1.82) is 0 Å². The maximum Gasteiger partial charge on any atom is 0.0608 e. The topological polar surface area (TPSA) is 40.5 Å². The summed E-state index contributed by atoms with van der Waals surface area (Å²) in [6.07, 6.45) is 9.52. The molecule has 0 aromatic heterocycles. The highest BCUT2D eigenvalue weighted by atomic mass is 16.3. The van der Waals surface area contributed by atoms with Crippen molar-refractivity contribution in [2.45, 2.75) is 84.8 Å². The third-order valence-electron chi connectivity index (χ3n) is 7.74. The van der Waals surface area contributed by atoms with Crippen molar-refractivity contribution in [3.05, 3.63) is 11.6 Å². The van der Waals surface area contributed by atoms with Crippen LogP contribution in [0.15, 0.2) is 11.6 Å². The summed E-state index contributed by atoms with van der Waals surface area (Å²) in [6, 6.07) is 0. The van der Waals surface area contributed by atoms with E-state index in [0.29, 0.717) is 17.8 Å². The molecule has 3 rings (SSSR count). The highest BCUT2D eigenvalue weighted by molar-refractivity contribution is 5.14. The SMILES string of the molecule is CCC1=CCC2C(CCC3C(C)(C)C(O)CCC23C)C(O)C1. The number of aliphatic hydroxyl groups is 2. The van der Waals surface area contributed by atoms with Crippen molar-refractivity contribution in [3.8, 4) is 0 Å². The number of fused-ring (bicyclic) bond motifs is 3. The summed E-state index contributed by atoms with van der Waals surface area (Å²) in [5, 5.41) is 21.3. The first-order valence-electron chi connectivity index (χ1n) is 9.34. The van der Waals surface area contributed by atoms with Crippen molar-refractivity contribution >= 4 is 0 Å². The molecule has 0 spiro atoms. The average molecular weight is 306 g/mol. The first-order chi connectivity index (χ1) is 10.3. The lowest BCUT2D eigenvalue weighted by molar-refractivity contribution is -0.160. The van der Waals surface area contributed by atoms with Gasteiger partial charge in [0, 0.05) is 0 Å². The number of hydrogen-bond donors (Lipinski definition) is 2. The Morgan fingerprint density at radius 3 is 2.55 bits per heavy atom. The Bertz CT molecular complexity index is 453. The third kappa shape index (κ3) is 2.38. The van der Waals surface area contributed by atoms with Crippen LogP contribution in [0.25, 0.3) is 0 Å². The Hall–Kier alpha value is -0.340. The van der Waals surface area contributed by atoms with Gasteiger partial charge in [0.2, 0.25) is 0 Å². The van der Waals surface area contributed by atoms with Crippen molar-refractivity contribution in [2.75, 3.05) is 0 Å². The largest absolute Gasteiger partial charge is 0.393 e. The molecular weight excluding hydrogens is 272 g/mol. The van der Waals surface area contributed by atoms with E-state index in [2.05, 4.69) is 33.8 Å². The molecule has 0 amide bonds. The second-order valence-corrected chi connectivity index (χ2v) is 9.01. The Balaban J connectivity index is 1.95. The zero-order chi connectivity index (χ0) is 16.1. The van der Waals surface area contributed by atoms with Gasteiger partial charge in [-0.15, -0.1) is 0 Å². The van der Waals surface area contributed by atoms with Crippen molar-refractivity contribution in [2.24, 2.45) is 28.6 Å². The van der Waals surface area contributed by atoms with E-state index in [4.69, 9.17) is 0 Å². The number of hydrogen-bond acceptors (Lipinski definition) is 2. The standard InChI is InChI=1S/C20H34O2/c1-5-13-6-8-15-14(16(21)12-13)7-9-17-19(2,3)18(22)10-11-20(15,17)4/h6,14-18,21-22H,5,7-12H2,1-4H3. The molecule has 126 valence electrons. The number of allylic oxidation sites excluding steroid dienone is 1. The van der Waals surface area contributed by atoms with Crippen molar-refractivity contribution < 1.29 is 10.2 Å². The van der Waals surface area contributed by atoms with Crippen molar-refractivity contribution in [1.82, 2.24) is 0 Å². The predicted octanol–water partition coefficient (Wildman–Crippen LogP) is 4.31. The fourth-order valence-corrected chi connectivity index (χ4v) is 6.26. The Kier molecular flexibility index (Phi) is 4.23. The van der Waals surface area contributed by atoms with Crippen molar-refractivity contribution in [3.63, 3.8) is 0 Å². The van der Waals surface area contributed by atoms with E-state index in [1.54, 1.807) is 0 Å². The molecule has 0 aliphatic heterocycles. The van der Waals surface area contributed by atoms with E-state index in [0.717, 1.165) is 38.5 Å². The molecule has 0 saturated heterocycles. The van der Waals surface area contributed by atoms with Gasteiger partial charge in [-0.2, -0.15) is 0 Å². The van der Waals surface area contributed by atoms with Crippen LogP contribution in [0.2, 0.25) is 0 Å². The molecule has 2 fully saturated rings. The van der Waals surface area contributed by atoms with E-state index in [1.807, 2.05) is 0 Å². The molecule has 0 bridgehead atoms. The lowest BCUT2D eigenvalue weighted by Crippen LogP contribution is -2.57. The molecule has 0 radical (unpaired) electrons. The fraction of sp³-hybridized carbons (Fsp3) is 0.900. The third-order valence-corrected chi connectivity index (χ3v) is 7.74. The van der Waals surface area contributed by atoms with Crippen LogP contribution in [0.1, 0.15) is 72.6 Å². The molecule has 2 N–H and O–H groups in total. The van der Waals surface area contributed by atoms with Crippen LogP contribution in [-0.2, 0) is 0 Å². The minimum atomic E-state index is -0.167. The molecule has 2 nitrogen and oxygen atoms in total. The minimum Gasteiger partial charge on any atom is -0.393 e. The van der Waals surface area contributed by atoms with Gasteiger partial charge in [-0.1, -0.05) is 39.3 Å². The quantitative estimate of drug-likeness (QED) is 0.709. The monoisotopic (exact) mass is 306 g/mol. The minimum absolute atomic E-state index is 0.00648. The lowest BCUT2D eigenvalue weighted by Gasteiger charge is -2.61. The summed E-state index contributed by atoms with van der Waals surface area (Å²) in [7, 11) is 0. The van der Waals surface area contributed by atoms with Crippen LogP contribution >= 0.6 is 0 Å². The normalized spacial score (nSPS) is 47.9. The molecular formula is C20H34O2. The second kappa shape index (κ2) is 5.63. The summed E-state index contributed by atoms with van der Waals surface area (Å²) in [5.41, 5.74) is 1.72. The molecule has 2 heteroatoms. The summed E-state index contributed by atoms with van der Waals surface area (Å²) in [6.45, 7) is 9.19. The second-order valence-electron chi connectivity index (χ2n) is 9.01. The maximum atomic E-state index is 10.8. The van der Waals surface area contributed by atoms with Gasteiger partial charge in [-0.25, -0.2) is 0 Å². The van der Waals surface area contributed by atoms with E-state index in [-0.39, 0.29) is 23.0 Å². The highest BCUT2D eigenvalue weighted by Crippen LogP contribution is 2.63. The average Bonchev–Trinajstić information content (AvgIpc) is 2.63. The maximum absolute atomic E-state index is 10.8. The molecule has 2 saturated carbocycles. The first kappa shape index (κ1) is 16.5. The van der Waals surface area contributed by atoms with Gasteiger partial charge in [0.1, 0.15) is 0 Å². The predicted molar refractivity (Wildman–Crippen MR) is 90.4 cm³/mol. The fourth-order valence-electron chi connectivity index (χ4n) is 6.26. The van der Waals surface area contributed by atoms with Gasteiger partial charge >= 0.3 is 0 Å². The summed E-state index contributed by atoms with van der Waals surface area (Å²) in [5.74, 6) is 1.61. The molecule has 22 heavy (non-hydrogen) atoms. The summed E-state index contributed by atoms with van der Waals surface area (Å²) in [4.78, 5) is 0. The molecule has 0 aromatic rings. The van der Waals surface area contributed by atoms with Gasteiger partial charge in [0.15, 0.2) is 0 Å². The van der Waals surface area contributed by atoms with Gasteiger partial charge in [0.25, 0.3) is 0 Å². The van der Waals surface area contributed by atoms with E-state index in [1.165, 1.54) is 12.0 Å². The van der Waals surface area contributed by atoms with Crippen LogP contribution in [0.4, 0.5) is 0 Å². The Labute approximate surface area is 136 Å². The number of rotatable bonds is 1. The molecule has 6 atom stereocenters. The van der Waals surface area contributed by atoms with Crippen LogP contribution in [0.5, 0.6) is 0 Å². The van der Waals surface area contributed by atoms with Gasteiger partial charge in [0.05, 0.1) is 12.2 Å². The highest BCUT2D eigenvalue weighted by Gasteiger charge is 2.58. The van der Waals surface area contributed by atoms with E-state index < -0.39 is 0 Å². The first-order valence-corrected chi connectivity index (χ1v) is 9.34. The zero-order valence-electron chi connectivity index (χ0n) is 14.8. The van der Waals surface area contributed by atoms with Gasteiger partial charge < -0.3 is 10.2 Å². The molecule has 0 aromatic carbocycles. The van der Waals surface area contributed by atoms with E-state index >= 15 is 0 Å².